The summed E-state index contributed by atoms with van der Waals surface area (Å²) >= 11 is 0. The lowest BCUT2D eigenvalue weighted by Crippen LogP contribution is -2.37. The molecule has 1 amide bonds. The molecule has 1 aliphatic carbocycles. The van der Waals surface area contributed by atoms with Gasteiger partial charge in [0.15, 0.2) is 0 Å². The molecule has 1 aromatic rings. The highest BCUT2D eigenvalue weighted by Crippen LogP contribution is 2.23. The normalized spacial score (nSPS) is 19.6. The van der Waals surface area contributed by atoms with Gasteiger partial charge in [0, 0.05) is 37.8 Å². The van der Waals surface area contributed by atoms with Gasteiger partial charge in [0.05, 0.1) is 0 Å². The van der Waals surface area contributed by atoms with Crippen molar-refractivity contribution >= 4 is 36.5 Å². The first kappa shape index (κ1) is 23.0. The zero-order chi connectivity index (χ0) is 15.9. The highest BCUT2D eigenvalue weighted by Gasteiger charge is 2.24. The quantitative estimate of drug-likeness (QED) is 0.800. The van der Waals surface area contributed by atoms with Crippen molar-refractivity contribution in [1.82, 2.24) is 10.3 Å². The van der Waals surface area contributed by atoms with Crippen LogP contribution in [0, 0.1) is 5.92 Å². The van der Waals surface area contributed by atoms with Gasteiger partial charge < -0.3 is 16.0 Å². The van der Waals surface area contributed by atoms with E-state index in [-0.39, 0.29) is 42.7 Å². The number of amides is 1. The van der Waals surface area contributed by atoms with E-state index in [1.165, 1.54) is 0 Å². The first-order valence-electron chi connectivity index (χ1n) is 8.37. The minimum atomic E-state index is 0. The number of rotatable bonds is 6. The highest BCUT2D eigenvalue weighted by molar-refractivity contribution is 5.85. The minimum Gasteiger partial charge on any atom is -0.357 e. The number of anilines is 1. The zero-order valence-corrected chi connectivity index (χ0v) is 16.2. The van der Waals surface area contributed by atoms with Gasteiger partial charge in [-0.15, -0.1) is 24.8 Å². The van der Waals surface area contributed by atoms with Crippen molar-refractivity contribution in [2.75, 3.05) is 18.0 Å². The second kappa shape index (κ2) is 11.5. The number of nitrogens with two attached hydrogens (primary N) is 1. The van der Waals surface area contributed by atoms with Crippen LogP contribution in [0.3, 0.4) is 0 Å². The summed E-state index contributed by atoms with van der Waals surface area (Å²) in [6.07, 6.45) is 5.71. The van der Waals surface area contributed by atoms with Gasteiger partial charge in [0.25, 0.3) is 0 Å². The predicted octanol–water partition coefficient (Wildman–Crippen LogP) is 2.91. The monoisotopic (exact) mass is 376 g/mol. The first-order chi connectivity index (χ1) is 10.6. The Morgan fingerprint density at radius 2 is 2.00 bits per heavy atom. The summed E-state index contributed by atoms with van der Waals surface area (Å²) in [5.41, 5.74) is 6.98. The number of halogens is 2. The van der Waals surface area contributed by atoms with Crippen molar-refractivity contribution in [2.45, 2.75) is 52.1 Å². The van der Waals surface area contributed by atoms with Crippen molar-refractivity contribution in [3.63, 3.8) is 0 Å². The third-order valence-electron chi connectivity index (χ3n) is 4.45. The van der Waals surface area contributed by atoms with Crippen LogP contribution in [0.15, 0.2) is 18.3 Å². The summed E-state index contributed by atoms with van der Waals surface area (Å²) in [6.45, 7) is 6.67. The molecule has 0 spiro atoms. The predicted molar refractivity (Wildman–Crippen MR) is 104 cm³/mol. The van der Waals surface area contributed by atoms with Crippen LogP contribution in [0.5, 0.6) is 0 Å². The van der Waals surface area contributed by atoms with Crippen molar-refractivity contribution in [3.05, 3.63) is 23.9 Å². The average Bonchev–Trinajstić information content (AvgIpc) is 2.55. The Hall–Kier alpha value is -1.04. The van der Waals surface area contributed by atoms with Crippen molar-refractivity contribution in [3.8, 4) is 0 Å². The van der Waals surface area contributed by atoms with Crippen LogP contribution in [0.25, 0.3) is 0 Å². The van der Waals surface area contributed by atoms with Crippen LogP contribution in [0.4, 0.5) is 5.82 Å². The van der Waals surface area contributed by atoms with Crippen LogP contribution in [-0.4, -0.2) is 30.0 Å². The third kappa shape index (κ3) is 6.46. The van der Waals surface area contributed by atoms with Crippen LogP contribution < -0.4 is 16.0 Å². The Morgan fingerprint density at radius 1 is 1.29 bits per heavy atom. The minimum absolute atomic E-state index is 0. The van der Waals surface area contributed by atoms with E-state index < -0.39 is 0 Å². The largest absolute Gasteiger partial charge is 0.357 e. The highest BCUT2D eigenvalue weighted by atomic mass is 35.5. The van der Waals surface area contributed by atoms with E-state index in [9.17, 15) is 4.79 Å². The number of nitrogens with one attached hydrogen (secondary N) is 1. The van der Waals surface area contributed by atoms with E-state index in [0.29, 0.717) is 6.54 Å². The molecule has 24 heavy (non-hydrogen) atoms. The molecule has 0 aliphatic heterocycles. The fourth-order valence-electron chi connectivity index (χ4n) is 3.06. The number of aromatic nitrogens is 1. The molecule has 0 bridgehead atoms. The van der Waals surface area contributed by atoms with Crippen LogP contribution >= 0.6 is 24.8 Å². The molecule has 0 saturated heterocycles. The van der Waals surface area contributed by atoms with E-state index in [2.05, 4.69) is 29.0 Å². The molecular weight excluding hydrogens is 347 g/mol. The molecule has 1 heterocycles. The van der Waals surface area contributed by atoms with Crippen molar-refractivity contribution < 1.29 is 4.79 Å². The Balaban J connectivity index is 0.00000264. The van der Waals surface area contributed by atoms with Gasteiger partial charge >= 0.3 is 0 Å². The Labute approximate surface area is 157 Å². The Morgan fingerprint density at radius 3 is 2.54 bits per heavy atom. The fourth-order valence-corrected chi connectivity index (χ4v) is 3.06. The van der Waals surface area contributed by atoms with Gasteiger partial charge in [-0.05, 0) is 44.7 Å². The number of nitrogens with zero attached hydrogens (tertiary/aromatic N) is 2. The summed E-state index contributed by atoms with van der Waals surface area (Å²) in [7, 11) is 0. The number of pyridine rings is 1. The molecule has 2 unspecified atom stereocenters. The van der Waals surface area contributed by atoms with Crippen LogP contribution in [-0.2, 0) is 11.3 Å². The van der Waals surface area contributed by atoms with Crippen LogP contribution in [0.1, 0.15) is 45.1 Å². The topological polar surface area (TPSA) is 71.2 Å². The van der Waals surface area contributed by atoms with Crippen molar-refractivity contribution in [2.24, 2.45) is 11.7 Å². The van der Waals surface area contributed by atoms with Gasteiger partial charge in [-0.2, -0.15) is 0 Å². The zero-order valence-electron chi connectivity index (χ0n) is 14.5. The molecule has 138 valence electrons. The molecule has 0 radical (unpaired) electrons. The van der Waals surface area contributed by atoms with Crippen molar-refractivity contribution in [1.29, 1.82) is 0 Å². The van der Waals surface area contributed by atoms with E-state index in [1.807, 2.05) is 18.3 Å². The standard InChI is InChI=1S/C17H28N4O.2ClH/c1-3-21(4-2)16-9-8-13(11-19-16)12-20-17(22)14-6-5-7-15(18)10-14;;/h8-9,11,14-15H,3-7,10,12,18H2,1-2H3,(H,20,22);2*1H. The van der Waals surface area contributed by atoms with Gasteiger partial charge in [0.1, 0.15) is 5.82 Å². The fraction of sp³-hybridized carbons (Fsp3) is 0.647. The Kier molecular flexibility index (Phi) is 11.0. The summed E-state index contributed by atoms with van der Waals surface area (Å²) in [4.78, 5) is 18.9. The first-order valence-corrected chi connectivity index (χ1v) is 8.37. The van der Waals surface area contributed by atoms with Crippen LogP contribution in [0.2, 0.25) is 0 Å². The molecule has 1 aromatic heterocycles. The van der Waals surface area contributed by atoms with E-state index in [1.54, 1.807) is 0 Å². The lowest BCUT2D eigenvalue weighted by Gasteiger charge is -2.25. The van der Waals surface area contributed by atoms with Gasteiger partial charge in [-0.3, -0.25) is 4.79 Å². The summed E-state index contributed by atoms with van der Waals surface area (Å²) in [6, 6.07) is 4.23. The van der Waals surface area contributed by atoms with Gasteiger partial charge in [-0.1, -0.05) is 12.5 Å². The third-order valence-corrected chi connectivity index (χ3v) is 4.45. The maximum atomic E-state index is 12.2. The maximum Gasteiger partial charge on any atom is 0.223 e. The molecule has 1 fully saturated rings. The van der Waals surface area contributed by atoms with E-state index in [4.69, 9.17) is 5.73 Å². The average molecular weight is 377 g/mol. The Bertz CT molecular complexity index is 480. The van der Waals surface area contributed by atoms with Gasteiger partial charge in [0.2, 0.25) is 5.91 Å². The number of hydrogen-bond acceptors (Lipinski definition) is 4. The smallest absolute Gasteiger partial charge is 0.223 e. The lowest BCUT2D eigenvalue weighted by molar-refractivity contribution is -0.126. The number of carbonyl (C=O) groups excluding carboxylic acids is 1. The molecule has 0 aromatic carbocycles. The summed E-state index contributed by atoms with van der Waals surface area (Å²) < 4.78 is 0. The molecule has 3 N–H and O–H groups in total. The number of carbonyl (C=O) groups is 1. The molecule has 7 heteroatoms. The maximum absolute atomic E-state index is 12.2. The molecular formula is C17H30Cl2N4O. The van der Waals surface area contributed by atoms with E-state index >= 15 is 0 Å². The SMILES string of the molecule is CCN(CC)c1ccc(CNC(=O)C2CCCC(N)C2)cn1.Cl.Cl. The molecule has 2 rings (SSSR count). The van der Waals surface area contributed by atoms with Gasteiger partial charge in [-0.25, -0.2) is 4.98 Å². The van der Waals surface area contributed by atoms with E-state index in [0.717, 1.165) is 50.2 Å². The molecule has 1 saturated carbocycles. The summed E-state index contributed by atoms with van der Waals surface area (Å²) in [5, 5.41) is 3.02. The molecule has 2 atom stereocenters. The lowest BCUT2D eigenvalue weighted by atomic mass is 9.85. The summed E-state index contributed by atoms with van der Waals surface area (Å²) in [5.74, 6) is 1.19. The molecule has 1 aliphatic rings. The second-order valence-electron chi connectivity index (χ2n) is 6.04. The molecule has 5 nitrogen and oxygen atoms in total. The number of hydrogen-bond donors (Lipinski definition) is 2. The second-order valence-corrected chi connectivity index (χ2v) is 6.04.